The van der Waals surface area contributed by atoms with Crippen molar-refractivity contribution in [1.82, 2.24) is 5.32 Å². The molecule has 2 aromatic heterocycles. The van der Waals surface area contributed by atoms with Gasteiger partial charge < -0.3 is 5.32 Å². The predicted molar refractivity (Wildman–Crippen MR) is 74.1 cm³/mol. The normalized spacial score (nSPS) is 10.9. The molecular weight excluding hydrogens is 281 g/mol. The summed E-state index contributed by atoms with van der Waals surface area (Å²) in [5, 5.41) is 6.17. The number of halogens is 2. The summed E-state index contributed by atoms with van der Waals surface area (Å²) in [7, 11) is 0. The minimum absolute atomic E-state index is 0.826. The first kappa shape index (κ1) is 12.4. The van der Waals surface area contributed by atoms with E-state index in [1.54, 1.807) is 22.7 Å². The van der Waals surface area contributed by atoms with E-state index < -0.39 is 0 Å². The predicted octanol–water partition coefficient (Wildman–Crippen LogP) is 4.45. The Hall–Kier alpha value is -0.0600. The maximum Gasteiger partial charge on any atom is 0.0931 e. The highest BCUT2D eigenvalue weighted by Crippen LogP contribution is 2.21. The van der Waals surface area contributed by atoms with Crippen LogP contribution < -0.4 is 5.32 Å². The van der Waals surface area contributed by atoms with E-state index in [0.717, 1.165) is 28.9 Å². The van der Waals surface area contributed by atoms with Crippen LogP contribution in [-0.2, 0) is 13.0 Å². The highest BCUT2D eigenvalue weighted by molar-refractivity contribution is 7.16. The molecule has 5 heteroatoms. The van der Waals surface area contributed by atoms with Gasteiger partial charge in [-0.05, 0) is 24.6 Å². The maximum absolute atomic E-state index is 5.86. The van der Waals surface area contributed by atoms with Gasteiger partial charge in [0.05, 0.1) is 9.36 Å². The minimum Gasteiger partial charge on any atom is -0.311 e. The third kappa shape index (κ3) is 3.75. The lowest BCUT2D eigenvalue weighted by atomic mass is 10.3. The molecular formula is C11H11Cl2NS2. The Bertz CT molecular complexity index is 408. The van der Waals surface area contributed by atoms with Crippen molar-refractivity contribution in [2.45, 2.75) is 13.0 Å². The number of hydrogen-bond donors (Lipinski definition) is 1. The summed E-state index contributed by atoms with van der Waals surface area (Å²) in [6, 6.07) is 6.03. The fourth-order valence-electron chi connectivity index (χ4n) is 1.36. The highest BCUT2D eigenvalue weighted by Gasteiger charge is 1.99. The van der Waals surface area contributed by atoms with Gasteiger partial charge in [-0.1, -0.05) is 23.2 Å². The molecule has 0 saturated carbocycles. The van der Waals surface area contributed by atoms with E-state index in [9.17, 15) is 0 Å². The quantitative estimate of drug-likeness (QED) is 0.803. The van der Waals surface area contributed by atoms with Gasteiger partial charge in [0.25, 0.3) is 0 Å². The van der Waals surface area contributed by atoms with E-state index in [0.29, 0.717) is 0 Å². The second-order valence-electron chi connectivity index (χ2n) is 3.36. The van der Waals surface area contributed by atoms with E-state index in [1.807, 2.05) is 17.5 Å². The Labute approximate surface area is 113 Å². The SMILES string of the molecule is Clc1csc(CNCCc2ccc(Cl)s2)c1. The van der Waals surface area contributed by atoms with Crippen LogP contribution in [0.1, 0.15) is 9.75 Å². The Morgan fingerprint density at radius 2 is 2.06 bits per heavy atom. The van der Waals surface area contributed by atoms with E-state index in [1.165, 1.54) is 9.75 Å². The summed E-state index contributed by atoms with van der Waals surface area (Å²) < 4.78 is 0.861. The molecule has 2 rings (SSSR count). The van der Waals surface area contributed by atoms with Crippen molar-refractivity contribution in [3.8, 4) is 0 Å². The van der Waals surface area contributed by atoms with Crippen molar-refractivity contribution in [1.29, 1.82) is 0 Å². The Morgan fingerprint density at radius 3 is 2.69 bits per heavy atom. The number of rotatable bonds is 5. The van der Waals surface area contributed by atoms with Crippen LogP contribution >= 0.6 is 45.9 Å². The van der Waals surface area contributed by atoms with E-state index in [2.05, 4.69) is 11.4 Å². The van der Waals surface area contributed by atoms with Gasteiger partial charge in [-0.3, -0.25) is 0 Å². The summed E-state index contributed by atoms with van der Waals surface area (Å²) >= 11 is 15.0. The molecule has 1 N–H and O–H groups in total. The fourth-order valence-corrected chi connectivity index (χ4v) is 3.49. The molecule has 0 atom stereocenters. The van der Waals surface area contributed by atoms with Crippen molar-refractivity contribution in [3.05, 3.63) is 42.7 Å². The standard InChI is InChI=1S/C11H11Cl2NS2/c12-8-5-10(15-7-8)6-14-4-3-9-1-2-11(13)16-9/h1-2,5,7,14H,3-4,6H2. The lowest BCUT2D eigenvalue weighted by Gasteiger charge is -2.00. The second kappa shape index (κ2) is 6.03. The van der Waals surface area contributed by atoms with Crippen LogP contribution in [0.2, 0.25) is 9.36 Å². The molecule has 0 aromatic carbocycles. The molecule has 86 valence electrons. The van der Waals surface area contributed by atoms with Crippen LogP contribution in [-0.4, -0.2) is 6.54 Å². The van der Waals surface area contributed by atoms with Gasteiger partial charge in [-0.15, -0.1) is 22.7 Å². The van der Waals surface area contributed by atoms with Gasteiger partial charge in [-0.25, -0.2) is 0 Å². The first-order valence-electron chi connectivity index (χ1n) is 4.92. The summed E-state index contributed by atoms with van der Waals surface area (Å²) in [5.74, 6) is 0. The maximum atomic E-state index is 5.86. The van der Waals surface area contributed by atoms with Gasteiger partial charge in [0, 0.05) is 28.2 Å². The van der Waals surface area contributed by atoms with Crippen LogP contribution in [0.3, 0.4) is 0 Å². The molecule has 0 radical (unpaired) electrons. The van der Waals surface area contributed by atoms with Crippen LogP contribution in [0.5, 0.6) is 0 Å². The van der Waals surface area contributed by atoms with Crippen LogP contribution in [0, 0.1) is 0 Å². The van der Waals surface area contributed by atoms with Crippen LogP contribution in [0.4, 0.5) is 0 Å². The smallest absolute Gasteiger partial charge is 0.0931 e. The monoisotopic (exact) mass is 291 g/mol. The van der Waals surface area contributed by atoms with Crippen LogP contribution in [0.15, 0.2) is 23.6 Å². The van der Waals surface area contributed by atoms with Crippen molar-refractivity contribution >= 4 is 45.9 Å². The molecule has 2 heterocycles. The zero-order chi connectivity index (χ0) is 11.4. The largest absolute Gasteiger partial charge is 0.311 e. The summed E-state index contributed by atoms with van der Waals surface area (Å²) in [6.07, 6.45) is 1.02. The Morgan fingerprint density at radius 1 is 1.19 bits per heavy atom. The first-order chi connectivity index (χ1) is 7.74. The van der Waals surface area contributed by atoms with E-state index in [4.69, 9.17) is 23.2 Å². The third-order valence-electron chi connectivity index (χ3n) is 2.10. The third-order valence-corrected chi connectivity index (χ3v) is 4.67. The molecule has 0 saturated heterocycles. The lowest BCUT2D eigenvalue weighted by molar-refractivity contribution is 0.697. The minimum atomic E-state index is 0.826. The zero-order valence-electron chi connectivity index (χ0n) is 8.50. The molecule has 2 aromatic rings. The zero-order valence-corrected chi connectivity index (χ0v) is 11.6. The van der Waals surface area contributed by atoms with Gasteiger partial charge in [0.15, 0.2) is 0 Å². The van der Waals surface area contributed by atoms with E-state index in [-0.39, 0.29) is 0 Å². The second-order valence-corrected chi connectivity index (χ2v) is 6.60. The molecule has 0 aliphatic heterocycles. The Balaban J connectivity index is 1.69. The number of hydrogen-bond acceptors (Lipinski definition) is 3. The van der Waals surface area contributed by atoms with Gasteiger partial charge in [-0.2, -0.15) is 0 Å². The van der Waals surface area contributed by atoms with Crippen molar-refractivity contribution in [3.63, 3.8) is 0 Å². The van der Waals surface area contributed by atoms with Crippen molar-refractivity contribution in [2.75, 3.05) is 6.54 Å². The molecule has 0 fully saturated rings. The molecule has 0 aliphatic carbocycles. The fraction of sp³-hybridized carbons (Fsp3) is 0.273. The average molecular weight is 292 g/mol. The van der Waals surface area contributed by atoms with Gasteiger partial charge in [0.2, 0.25) is 0 Å². The number of thiophene rings is 2. The van der Waals surface area contributed by atoms with E-state index >= 15 is 0 Å². The molecule has 1 nitrogen and oxygen atoms in total. The van der Waals surface area contributed by atoms with Crippen LogP contribution in [0.25, 0.3) is 0 Å². The average Bonchev–Trinajstić information content (AvgIpc) is 2.83. The molecule has 0 aliphatic rings. The van der Waals surface area contributed by atoms with Gasteiger partial charge >= 0.3 is 0 Å². The highest BCUT2D eigenvalue weighted by atomic mass is 35.5. The molecule has 16 heavy (non-hydrogen) atoms. The van der Waals surface area contributed by atoms with Crippen molar-refractivity contribution in [2.24, 2.45) is 0 Å². The summed E-state index contributed by atoms with van der Waals surface area (Å²) in [4.78, 5) is 2.59. The molecule has 0 amide bonds. The number of nitrogens with one attached hydrogen (secondary N) is 1. The summed E-state index contributed by atoms with van der Waals surface area (Å²) in [5.41, 5.74) is 0. The molecule has 0 spiro atoms. The first-order valence-corrected chi connectivity index (χ1v) is 7.37. The Kier molecular flexibility index (Phi) is 4.67. The van der Waals surface area contributed by atoms with Crippen molar-refractivity contribution < 1.29 is 0 Å². The molecule has 0 unspecified atom stereocenters. The lowest BCUT2D eigenvalue weighted by Crippen LogP contribution is -2.15. The topological polar surface area (TPSA) is 12.0 Å². The van der Waals surface area contributed by atoms with Gasteiger partial charge in [0.1, 0.15) is 0 Å². The molecule has 0 bridgehead atoms. The summed E-state index contributed by atoms with van der Waals surface area (Å²) in [6.45, 7) is 1.85.